The van der Waals surface area contributed by atoms with E-state index in [4.69, 9.17) is 18.5 Å². The van der Waals surface area contributed by atoms with Crippen molar-refractivity contribution in [3.05, 3.63) is 63.4 Å². The average molecular weight is 570 g/mol. The highest BCUT2D eigenvalue weighted by Gasteiger charge is 2.56. The number of aliphatic hydroxyl groups excluding tert-OH is 1. The number of aliphatic hydroxyl groups is 1. The lowest BCUT2D eigenvalue weighted by Crippen LogP contribution is -2.44. The molecule has 0 radical (unpaired) electrons. The van der Waals surface area contributed by atoms with Crippen molar-refractivity contribution in [2.75, 3.05) is 6.61 Å². The quantitative estimate of drug-likeness (QED) is 0.287. The fourth-order valence-corrected chi connectivity index (χ4v) is 6.09. The molecule has 1 unspecified atom stereocenters. The summed E-state index contributed by atoms with van der Waals surface area (Å²) >= 11 is 0. The number of esters is 1. The zero-order valence-electron chi connectivity index (χ0n) is 21.7. The van der Waals surface area contributed by atoms with E-state index < -0.39 is 61.7 Å². The van der Waals surface area contributed by atoms with Crippen LogP contribution in [0.25, 0.3) is 0 Å². The highest BCUT2D eigenvalue weighted by atomic mass is 31.2. The third-order valence-corrected chi connectivity index (χ3v) is 8.38. The molecule has 1 aliphatic carbocycles. The van der Waals surface area contributed by atoms with Gasteiger partial charge in [-0.3, -0.25) is 23.7 Å². The smallest absolute Gasteiger partial charge is 0.459 e. The van der Waals surface area contributed by atoms with Crippen LogP contribution < -0.4 is 20.9 Å². The standard InChI is InChI=1S/C25H33FN3O9P/c1-16(22(32)36-17-9-5-3-6-10-17)28-39(34,38-18-11-7-4-8-12-18)35-15-19-21(31)25(2,26)23(37-19)29-14-13-20(30)27-24(29)33/h4,7-8,11-14,16-17,19,21,23,31H,3,5-6,9-10,15H2,1-2H3,(H,28,34)(H,27,30,33)/t16?,19-,21-,23-,25-,39-/m1/s1. The number of aromatic nitrogens is 2. The summed E-state index contributed by atoms with van der Waals surface area (Å²) in [5, 5.41) is 13.2. The van der Waals surface area contributed by atoms with Crippen molar-refractivity contribution in [3.63, 3.8) is 0 Å². The van der Waals surface area contributed by atoms with E-state index in [1.807, 2.05) is 4.98 Å². The Morgan fingerprint density at radius 3 is 2.62 bits per heavy atom. The van der Waals surface area contributed by atoms with E-state index in [1.165, 1.54) is 19.1 Å². The molecule has 2 aromatic rings. The molecule has 12 nitrogen and oxygen atoms in total. The third kappa shape index (κ3) is 7.03. The molecule has 3 N–H and O–H groups in total. The Kier molecular flexibility index (Phi) is 9.07. The summed E-state index contributed by atoms with van der Waals surface area (Å²) in [6, 6.07) is 7.99. The van der Waals surface area contributed by atoms with Gasteiger partial charge in [-0.1, -0.05) is 24.6 Å². The normalized spacial score (nSPS) is 27.9. The highest BCUT2D eigenvalue weighted by molar-refractivity contribution is 7.52. The Labute approximate surface area is 224 Å². The number of carbonyl (C=O) groups excluding carboxylic acids is 1. The van der Waals surface area contributed by atoms with Crippen molar-refractivity contribution in [3.8, 4) is 5.75 Å². The van der Waals surface area contributed by atoms with Crippen LogP contribution in [0.4, 0.5) is 4.39 Å². The van der Waals surface area contributed by atoms with E-state index in [0.29, 0.717) is 0 Å². The predicted octanol–water partition coefficient (Wildman–Crippen LogP) is 2.58. The molecule has 1 aromatic carbocycles. The molecule has 1 aromatic heterocycles. The van der Waals surface area contributed by atoms with Gasteiger partial charge in [-0.05, 0) is 51.7 Å². The van der Waals surface area contributed by atoms with Crippen molar-refractivity contribution < 1.29 is 37.4 Å². The van der Waals surface area contributed by atoms with E-state index in [1.54, 1.807) is 18.2 Å². The second kappa shape index (κ2) is 12.1. The Balaban J connectivity index is 1.48. The SMILES string of the molecule is CC(N[P@@](=O)(OC[C@H]1O[C@@H](n2ccc(=O)[nH]c2=O)[C@](C)(F)[C@@H]1O)Oc1ccccc1)C(=O)OC1CCCCC1. The number of benzene rings is 1. The van der Waals surface area contributed by atoms with Crippen LogP contribution in [0.5, 0.6) is 5.75 Å². The maximum atomic E-state index is 15.5. The molecule has 39 heavy (non-hydrogen) atoms. The predicted molar refractivity (Wildman–Crippen MR) is 137 cm³/mol. The lowest BCUT2D eigenvalue weighted by Gasteiger charge is -2.27. The van der Waals surface area contributed by atoms with E-state index in [0.717, 1.165) is 55.9 Å². The minimum absolute atomic E-state index is 0.169. The van der Waals surface area contributed by atoms with Crippen LogP contribution in [0.2, 0.25) is 0 Å². The van der Waals surface area contributed by atoms with Gasteiger partial charge in [-0.2, -0.15) is 5.09 Å². The number of carbonyl (C=O) groups is 1. The maximum Gasteiger partial charge on any atom is 0.459 e. The lowest BCUT2D eigenvalue weighted by atomic mass is 9.98. The molecule has 2 aliphatic rings. The van der Waals surface area contributed by atoms with Gasteiger partial charge in [0.2, 0.25) is 0 Å². The van der Waals surface area contributed by atoms with Crippen LogP contribution in [0.15, 0.2) is 52.2 Å². The largest absolute Gasteiger partial charge is 0.461 e. The summed E-state index contributed by atoms with van der Waals surface area (Å²) in [6.07, 6.45) is 0.537. The van der Waals surface area contributed by atoms with Crippen LogP contribution >= 0.6 is 7.75 Å². The summed E-state index contributed by atoms with van der Waals surface area (Å²) in [4.78, 5) is 38.3. The van der Waals surface area contributed by atoms with Gasteiger partial charge in [0.1, 0.15) is 30.1 Å². The topological polar surface area (TPSA) is 158 Å². The molecule has 6 atom stereocenters. The number of halogens is 1. The van der Waals surface area contributed by atoms with Crippen LogP contribution in [0.3, 0.4) is 0 Å². The molecule has 1 saturated heterocycles. The van der Waals surface area contributed by atoms with Gasteiger partial charge in [0, 0.05) is 12.3 Å². The van der Waals surface area contributed by atoms with Crippen LogP contribution in [0.1, 0.15) is 52.2 Å². The minimum atomic E-state index is -4.31. The second-order valence-electron chi connectivity index (χ2n) is 9.89. The van der Waals surface area contributed by atoms with Gasteiger partial charge >= 0.3 is 19.4 Å². The number of hydrogen-bond acceptors (Lipinski definition) is 9. The van der Waals surface area contributed by atoms with Gasteiger partial charge in [0.05, 0.1) is 6.61 Å². The molecular formula is C25H33FN3O9P. The molecule has 1 saturated carbocycles. The van der Waals surface area contributed by atoms with Crippen molar-refractivity contribution in [2.45, 2.75) is 82.2 Å². The Bertz CT molecular complexity index is 1300. The van der Waals surface area contributed by atoms with Crippen LogP contribution in [-0.2, 0) is 23.4 Å². The van der Waals surface area contributed by atoms with Crippen molar-refractivity contribution in [2.24, 2.45) is 0 Å². The second-order valence-corrected chi connectivity index (χ2v) is 11.6. The molecular weight excluding hydrogens is 536 g/mol. The first-order chi connectivity index (χ1) is 18.5. The lowest BCUT2D eigenvalue weighted by molar-refractivity contribution is -0.152. The van der Waals surface area contributed by atoms with Gasteiger partial charge in [-0.15, -0.1) is 0 Å². The number of hydrogen-bond donors (Lipinski definition) is 3. The summed E-state index contributed by atoms with van der Waals surface area (Å²) in [5.74, 6) is -0.463. The summed E-state index contributed by atoms with van der Waals surface area (Å²) in [6.45, 7) is 1.85. The summed E-state index contributed by atoms with van der Waals surface area (Å²) in [5.41, 5.74) is -4.10. The zero-order valence-corrected chi connectivity index (χ0v) is 22.6. The highest BCUT2D eigenvalue weighted by Crippen LogP contribution is 2.47. The monoisotopic (exact) mass is 569 g/mol. The number of aromatic amines is 1. The Morgan fingerprint density at radius 1 is 1.26 bits per heavy atom. The fraction of sp³-hybridized carbons (Fsp3) is 0.560. The maximum absolute atomic E-state index is 15.5. The van der Waals surface area contributed by atoms with Gasteiger partial charge in [-0.25, -0.2) is 13.8 Å². The van der Waals surface area contributed by atoms with Gasteiger partial charge in [0.25, 0.3) is 5.56 Å². The van der Waals surface area contributed by atoms with E-state index >= 15 is 4.39 Å². The molecule has 14 heteroatoms. The Hall–Kier alpha value is -2.83. The molecule has 0 amide bonds. The summed E-state index contributed by atoms with van der Waals surface area (Å²) < 4.78 is 52.4. The first-order valence-corrected chi connectivity index (χ1v) is 14.3. The van der Waals surface area contributed by atoms with Crippen molar-refractivity contribution in [1.29, 1.82) is 0 Å². The number of nitrogens with zero attached hydrogens (tertiary/aromatic N) is 1. The first kappa shape index (κ1) is 29.2. The van der Waals surface area contributed by atoms with E-state index in [9.17, 15) is 24.1 Å². The van der Waals surface area contributed by atoms with Crippen LogP contribution in [-0.4, -0.2) is 57.3 Å². The molecule has 1 aliphatic heterocycles. The molecule has 2 heterocycles. The van der Waals surface area contributed by atoms with E-state index in [2.05, 4.69) is 5.09 Å². The molecule has 0 spiro atoms. The van der Waals surface area contributed by atoms with Crippen molar-refractivity contribution >= 4 is 13.7 Å². The number of alkyl halides is 1. The number of rotatable bonds is 10. The minimum Gasteiger partial charge on any atom is -0.461 e. The summed E-state index contributed by atoms with van der Waals surface area (Å²) in [7, 11) is -4.31. The third-order valence-electron chi connectivity index (χ3n) is 6.74. The van der Waals surface area contributed by atoms with Crippen molar-refractivity contribution in [1.82, 2.24) is 14.6 Å². The number of para-hydroxylation sites is 1. The first-order valence-electron chi connectivity index (χ1n) is 12.8. The Morgan fingerprint density at radius 2 is 1.95 bits per heavy atom. The molecule has 4 rings (SSSR count). The number of nitrogens with one attached hydrogen (secondary N) is 2. The molecule has 2 fully saturated rings. The molecule has 0 bridgehead atoms. The molecule has 214 valence electrons. The number of H-pyrrole nitrogens is 1. The number of ether oxygens (including phenoxy) is 2. The van der Waals surface area contributed by atoms with Gasteiger partial charge in [0.15, 0.2) is 11.9 Å². The average Bonchev–Trinajstić information content (AvgIpc) is 3.12. The zero-order chi connectivity index (χ0) is 28.2. The fourth-order valence-electron chi connectivity index (χ4n) is 4.58. The van der Waals surface area contributed by atoms with E-state index in [-0.39, 0.29) is 11.9 Å². The van der Waals surface area contributed by atoms with Gasteiger partial charge < -0.3 is 19.1 Å². The van der Waals surface area contributed by atoms with Crippen LogP contribution in [0, 0.1) is 0 Å².